The van der Waals surface area contributed by atoms with Gasteiger partial charge in [-0.15, -0.1) is 0 Å². The fourth-order valence-electron chi connectivity index (χ4n) is 9.05. The molecule has 0 spiro atoms. The zero-order valence-corrected chi connectivity index (χ0v) is 31.5. The topological polar surface area (TPSA) is 8.17 Å². The molecule has 0 fully saturated rings. The highest BCUT2D eigenvalue weighted by molar-refractivity contribution is 6.14. The number of aryl methyl sites for hydroxylation is 3. The van der Waals surface area contributed by atoms with Gasteiger partial charge in [-0.3, -0.25) is 0 Å². The summed E-state index contributed by atoms with van der Waals surface area (Å²) in [6.45, 7) is 11.4. The molecule has 0 bridgehead atoms. The number of hydrogen-bond donors (Lipinski definition) is 0. The van der Waals surface area contributed by atoms with Gasteiger partial charge in [-0.2, -0.15) is 0 Å². The number of anilines is 3. The lowest BCUT2D eigenvalue weighted by atomic mass is 9.81. The minimum absolute atomic E-state index is 0.247. The van der Waals surface area contributed by atoms with Crippen molar-refractivity contribution in [2.75, 3.05) is 4.90 Å². The maximum absolute atomic E-state index is 2.51. The number of hydrogen-bond acceptors (Lipinski definition) is 1. The minimum atomic E-state index is -0.247. The SMILES string of the molecule is Cc1ccc2c(c1)c1cccc(-c3ccccc3)c1n2-c1ccc2c(c1)C(C)(C)c1cc(N(c3ccccc3)c3ccc(C)c(C)c3)c3ccccc3c1-2. The highest BCUT2D eigenvalue weighted by Crippen LogP contribution is 2.55. The second-order valence-corrected chi connectivity index (χ2v) is 15.6. The largest absolute Gasteiger partial charge is 0.310 e. The van der Waals surface area contributed by atoms with Gasteiger partial charge >= 0.3 is 0 Å². The minimum Gasteiger partial charge on any atom is -0.310 e. The van der Waals surface area contributed by atoms with Gasteiger partial charge in [-0.25, -0.2) is 0 Å². The third-order valence-electron chi connectivity index (χ3n) is 11.9. The van der Waals surface area contributed by atoms with Crippen molar-refractivity contribution in [2.45, 2.75) is 40.0 Å². The number of fused-ring (bicyclic) bond motifs is 8. The molecule has 9 aromatic rings. The molecule has 0 unspecified atom stereocenters. The number of aromatic nitrogens is 1. The summed E-state index contributed by atoms with van der Waals surface area (Å²) in [5, 5.41) is 5.10. The first-order valence-corrected chi connectivity index (χ1v) is 19.0. The van der Waals surface area contributed by atoms with Crippen molar-refractivity contribution in [3.05, 3.63) is 192 Å². The molecule has 8 aromatic carbocycles. The Morgan fingerprint density at radius 2 is 1.20 bits per heavy atom. The van der Waals surface area contributed by atoms with E-state index < -0.39 is 0 Å². The summed E-state index contributed by atoms with van der Waals surface area (Å²) in [5.41, 5.74) is 18.6. The normalized spacial score (nSPS) is 13.1. The molecule has 0 amide bonds. The lowest BCUT2D eigenvalue weighted by molar-refractivity contribution is 0.660. The Morgan fingerprint density at radius 3 is 1.98 bits per heavy atom. The van der Waals surface area contributed by atoms with E-state index in [0.29, 0.717) is 0 Å². The molecule has 1 aliphatic carbocycles. The molecule has 0 aliphatic heterocycles. The molecule has 1 aliphatic rings. The molecule has 2 heteroatoms. The molecule has 2 nitrogen and oxygen atoms in total. The molecule has 0 saturated carbocycles. The van der Waals surface area contributed by atoms with Crippen molar-refractivity contribution >= 4 is 49.6 Å². The van der Waals surface area contributed by atoms with Crippen LogP contribution in [0.1, 0.15) is 41.7 Å². The summed E-state index contributed by atoms with van der Waals surface area (Å²) in [6.07, 6.45) is 0. The van der Waals surface area contributed by atoms with Gasteiger partial charge in [-0.1, -0.05) is 129 Å². The Labute approximate surface area is 317 Å². The van der Waals surface area contributed by atoms with Crippen LogP contribution >= 0.6 is 0 Å². The standard InChI is InChI=1S/C52H42N2/c1-33-23-28-48-45(29-33)43-22-14-21-40(36-15-8-6-9-16-36)51(43)54(48)39-26-27-44-46(31-39)52(4,5)47-32-49(41-19-12-13-20-42(41)50(44)47)53(37-17-10-7-11-18-37)38-25-24-34(2)35(3)30-38/h6-32H,1-5H3. The molecule has 0 saturated heterocycles. The zero-order chi connectivity index (χ0) is 36.7. The lowest BCUT2D eigenvalue weighted by Crippen LogP contribution is -2.17. The first-order valence-electron chi connectivity index (χ1n) is 19.0. The average Bonchev–Trinajstić information content (AvgIpc) is 3.64. The van der Waals surface area contributed by atoms with E-state index in [-0.39, 0.29) is 5.41 Å². The number of rotatable bonds is 5. The fraction of sp³-hybridized carbons (Fsp3) is 0.115. The first-order chi connectivity index (χ1) is 26.3. The van der Waals surface area contributed by atoms with Crippen molar-refractivity contribution in [3.8, 4) is 27.9 Å². The first kappa shape index (κ1) is 32.3. The van der Waals surface area contributed by atoms with Gasteiger partial charge in [0.1, 0.15) is 0 Å². The van der Waals surface area contributed by atoms with Crippen molar-refractivity contribution in [1.29, 1.82) is 0 Å². The van der Waals surface area contributed by atoms with E-state index in [0.717, 1.165) is 5.69 Å². The second-order valence-electron chi connectivity index (χ2n) is 15.6. The summed E-state index contributed by atoms with van der Waals surface area (Å²) in [4.78, 5) is 2.45. The van der Waals surface area contributed by atoms with Gasteiger partial charge in [0.05, 0.1) is 16.7 Å². The Kier molecular flexibility index (Phi) is 7.22. The van der Waals surface area contributed by atoms with Gasteiger partial charge in [0, 0.05) is 44.2 Å². The van der Waals surface area contributed by atoms with E-state index in [1.165, 1.54) is 99.7 Å². The van der Waals surface area contributed by atoms with E-state index in [2.05, 4.69) is 208 Å². The summed E-state index contributed by atoms with van der Waals surface area (Å²) in [7, 11) is 0. The molecule has 1 aromatic heterocycles. The molecule has 0 atom stereocenters. The third kappa shape index (κ3) is 4.80. The predicted molar refractivity (Wildman–Crippen MR) is 230 cm³/mol. The highest BCUT2D eigenvalue weighted by Gasteiger charge is 2.38. The highest BCUT2D eigenvalue weighted by atomic mass is 15.1. The molecule has 10 rings (SSSR count). The van der Waals surface area contributed by atoms with Crippen LogP contribution < -0.4 is 4.90 Å². The van der Waals surface area contributed by atoms with Gasteiger partial charge < -0.3 is 9.47 Å². The van der Waals surface area contributed by atoms with Crippen molar-refractivity contribution in [2.24, 2.45) is 0 Å². The summed E-state index contributed by atoms with van der Waals surface area (Å²) in [6, 6.07) is 60.8. The van der Waals surface area contributed by atoms with E-state index in [1.54, 1.807) is 0 Å². The van der Waals surface area contributed by atoms with Crippen LogP contribution in [0.3, 0.4) is 0 Å². The molecular weight excluding hydrogens is 653 g/mol. The van der Waals surface area contributed by atoms with Crippen molar-refractivity contribution in [1.82, 2.24) is 4.57 Å². The average molecular weight is 695 g/mol. The number of para-hydroxylation sites is 2. The predicted octanol–water partition coefficient (Wildman–Crippen LogP) is 14.3. The van der Waals surface area contributed by atoms with Crippen LogP contribution in [0.4, 0.5) is 17.1 Å². The van der Waals surface area contributed by atoms with Crippen LogP contribution in [0.2, 0.25) is 0 Å². The third-order valence-corrected chi connectivity index (χ3v) is 11.9. The van der Waals surface area contributed by atoms with Gasteiger partial charge in [-0.05, 0) is 120 Å². The van der Waals surface area contributed by atoms with Crippen molar-refractivity contribution in [3.63, 3.8) is 0 Å². The van der Waals surface area contributed by atoms with Crippen LogP contribution in [0.5, 0.6) is 0 Å². The van der Waals surface area contributed by atoms with Crippen LogP contribution in [0.15, 0.2) is 164 Å². The number of nitrogens with zero attached hydrogens (tertiary/aromatic N) is 2. The maximum atomic E-state index is 2.51. The summed E-state index contributed by atoms with van der Waals surface area (Å²) >= 11 is 0. The molecule has 0 N–H and O–H groups in total. The Hall–Kier alpha value is -6.38. The van der Waals surface area contributed by atoms with Crippen LogP contribution in [0, 0.1) is 20.8 Å². The van der Waals surface area contributed by atoms with Gasteiger partial charge in [0.2, 0.25) is 0 Å². The number of benzene rings is 8. The van der Waals surface area contributed by atoms with E-state index in [9.17, 15) is 0 Å². The molecule has 0 radical (unpaired) electrons. The van der Waals surface area contributed by atoms with E-state index >= 15 is 0 Å². The lowest BCUT2D eigenvalue weighted by Gasteiger charge is -2.30. The summed E-state index contributed by atoms with van der Waals surface area (Å²) < 4.78 is 2.51. The Bertz CT molecular complexity index is 2930. The van der Waals surface area contributed by atoms with E-state index in [4.69, 9.17) is 0 Å². The Balaban J connectivity index is 1.22. The molecule has 260 valence electrons. The van der Waals surface area contributed by atoms with Crippen molar-refractivity contribution < 1.29 is 0 Å². The van der Waals surface area contributed by atoms with Gasteiger partial charge in [0.25, 0.3) is 0 Å². The summed E-state index contributed by atoms with van der Waals surface area (Å²) in [5.74, 6) is 0. The van der Waals surface area contributed by atoms with Gasteiger partial charge in [0.15, 0.2) is 0 Å². The quantitative estimate of drug-likeness (QED) is 0.174. The maximum Gasteiger partial charge on any atom is 0.0619 e. The zero-order valence-electron chi connectivity index (χ0n) is 31.5. The van der Waals surface area contributed by atoms with E-state index in [1.807, 2.05) is 0 Å². The molecule has 1 heterocycles. The molecular formula is C52H42N2. The van der Waals surface area contributed by atoms with Crippen LogP contribution in [-0.4, -0.2) is 4.57 Å². The molecule has 54 heavy (non-hydrogen) atoms. The van der Waals surface area contributed by atoms with Crippen LogP contribution in [-0.2, 0) is 5.41 Å². The fourth-order valence-corrected chi connectivity index (χ4v) is 9.05. The Morgan fingerprint density at radius 1 is 0.481 bits per heavy atom. The monoisotopic (exact) mass is 694 g/mol. The van der Waals surface area contributed by atoms with Crippen LogP contribution in [0.25, 0.3) is 60.5 Å². The second kappa shape index (κ2) is 12.1. The smallest absolute Gasteiger partial charge is 0.0619 e.